The normalized spacial score (nSPS) is 19.9. The summed E-state index contributed by atoms with van der Waals surface area (Å²) in [5, 5.41) is 17.6. The predicted molar refractivity (Wildman–Crippen MR) is 174 cm³/mol. The number of hydrogen-bond donors (Lipinski definition) is 3. The summed E-state index contributed by atoms with van der Waals surface area (Å²) in [6.07, 6.45) is 1.96. The summed E-state index contributed by atoms with van der Waals surface area (Å²) in [4.78, 5) is 52.6. The van der Waals surface area contributed by atoms with Crippen molar-refractivity contribution in [2.75, 3.05) is 18.4 Å². The summed E-state index contributed by atoms with van der Waals surface area (Å²) in [5.41, 5.74) is -1.18. The van der Waals surface area contributed by atoms with Crippen molar-refractivity contribution in [3.8, 4) is 0 Å². The van der Waals surface area contributed by atoms with Crippen LogP contribution in [0.5, 0.6) is 0 Å². The van der Waals surface area contributed by atoms with E-state index in [-0.39, 0.29) is 36.6 Å². The highest BCUT2D eigenvalue weighted by molar-refractivity contribution is 7.89. The number of carbonyl (C=O) groups excluding carboxylic acids is 2. The molecule has 5 rings (SSSR count). The van der Waals surface area contributed by atoms with Crippen LogP contribution in [-0.4, -0.2) is 77.7 Å². The van der Waals surface area contributed by atoms with Gasteiger partial charge in [-0.25, -0.2) is 27.8 Å². The number of carbonyl (C=O) groups is 2. The Kier molecular flexibility index (Phi) is 9.94. The minimum atomic E-state index is -4.51. The van der Waals surface area contributed by atoms with Gasteiger partial charge in [-0.05, 0) is 49.6 Å². The van der Waals surface area contributed by atoms with Gasteiger partial charge >= 0.3 is 12.1 Å². The van der Waals surface area contributed by atoms with E-state index in [1.807, 2.05) is 43.3 Å². The number of aromatic nitrogens is 1. The number of nitrogens with zero attached hydrogens (tertiary/aromatic N) is 4. The third kappa shape index (κ3) is 7.54. The number of sulfonamides is 1. The van der Waals surface area contributed by atoms with Crippen molar-refractivity contribution in [1.29, 1.82) is 0 Å². The summed E-state index contributed by atoms with van der Waals surface area (Å²) in [6.45, 7) is 5.39. The number of oxime groups is 1. The van der Waals surface area contributed by atoms with Crippen LogP contribution in [0.25, 0.3) is 0 Å². The maximum Gasteiger partial charge on any atom is 0.410 e. The van der Waals surface area contributed by atoms with Gasteiger partial charge in [0.25, 0.3) is 0 Å². The van der Waals surface area contributed by atoms with E-state index in [4.69, 9.17) is 9.57 Å². The zero-order valence-electron chi connectivity index (χ0n) is 26.7. The van der Waals surface area contributed by atoms with Crippen LogP contribution in [0, 0.1) is 20.8 Å². The molecule has 2 aromatic carbocycles. The average molecular weight is 677 g/mol. The topological polar surface area (TPSA) is 189 Å². The summed E-state index contributed by atoms with van der Waals surface area (Å²) in [7, 11) is -4.51. The smallest absolute Gasteiger partial charge is 0.410 e. The Bertz CT molecular complexity index is 1840. The Hall–Kier alpha value is -5.11. The zero-order valence-corrected chi connectivity index (χ0v) is 27.5. The van der Waals surface area contributed by atoms with E-state index >= 15 is 0 Å². The van der Waals surface area contributed by atoms with E-state index in [1.165, 1.54) is 11.0 Å². The Morgan fingerprint density at radius 1 is 1.15 bits per heavy atom. The molecule has 1 amide bonds. The van der Waals surface area contributed by atoms with Crippen LogP contribution in [0.2, 0.25) is 0 Å². The molecular formula is C33H36N6O8S. The Morgan fingerprint density at radius 2 is 1.85 bits per heavy atom. The van der Waals surface area contributed by atoms with Gasteiger partial charge in [0.1, 0.15) is 12.4 Å². The first-order chi connectivity index (χ1) is 22.9. The molecule has 1 spiro atoms. The molecule has 0 aliphatic carbocycles. The molecule has 1 fully saturated rings. The molecule has 1 aromatic heterocycles. The van der Waals surface area contributed by atoms with Crippen molar-refractivity contribution in [3.63, 3.8) is 0 Å². The van der Waals surface area contributed by atoms with Gasteiger partial charge in [0.15, 0.2) is 5.60 Å². The molecule has 0 saturated carbocycles. The maximum absolute atomic E-state index is 13.6. The van der Waals surface area contributed by atoms with Crippen LogP contribution in [-0.2, 0) is 35.8 Å². The molecule has 3 aromatic rings. The number of aliphatic carboxylic acids is 1. The molecule has 3 atom stereocenters. The number of hydrogen-bond acceptors (Lipinski definition) is 11. The van der Waals surface area contributed by atoms with E-state index in [1.54, 1.807) is 44.3 Å². The highest BCUT2D eigenvalue weighted by Gasteiger charge is 2.54. The summed E-state index contributed by atoms with van der Waals surface area (Å²) >= 11 is 0. The first-order valence-corrected chi connectivity index (χ1v) is 16.6. The van der Waals surface area contributed by atoms with Crippen molar-refractivity contribution in [2.45, 2.75) is 68.8 Å². The summed E-state index contributed by atoms with van der Waals surface area (Å²) in [6, 6.07) is 17.5. The van der Waals surface area contributed by atoms with Crippen molar-refractivity contribution in [3.05, 3.63) is 89.1 Å². The lowest BCUT2D eigenvalue weighted by Crippen LogP contribution is -2.54. The molecule has 48 heavy (non-hydrogen) atoms. The second-order valence-corrected chi connectivity index (χ2v) is 13.7. The van der Waals surface area contributed by atoms with E-state index < -0.39 is 45.8 Å². The number of nitrogens with one attached hydrogen (secondary N) is 2. The van der Waals surface area contributed by atoms with Crippen LogP contribution < -0.4 is 10.0 Å². The highest BCUT2D eigenvalue weighted by atomic mass is 32.2. The molecule has 3 heterocycles. The van der Waals surface area contributed by atoms with Crippen molar-refractivity contribution in [1.82, 2.24) is 14.6 Å². The lowest BCUT2D eigenvalue weighted by molar-refractivity contribution is -0.143. The van der Waals surface area contributed by atoms with Crippen molar-refractivity contribution < 1.29 is 37.5 Å². The molecule has 252 valence electrons. The predicted octanol–water partition coefficient (Wildman–Crippen LogP) is 3.83. The summed E-state index contributed by atoms with van der Waals surface area (Å²) < 4.78 is 35.0. The van der Waals surface area contributed by atoms with E-state index in [0.29, 0.717) is 23.5 Å². The number of anilines is 1. The Balaban J connectivity index is 1.36. The van der Waals surface area contributed by atoms with Gasteiger partial charge in [-0.15, -0.1) is 0 Å². The number of carboxylic acid groups (broad SMARTS) is 1. The number of carboxylic acids is 1. The van der Waals surface area contributed by atoms with Gasteiger partial charge in [-0.1, -0.05) is 59.3 Å². The minimum absolute atomic E-state index is 0.0310. The maximum atomic E-state index is 13.6. The number of amides is 1. The number of likely N-dealkylation sites (tertiary alicyclic amines) is 1. The first-order valence-electron chi connectivity index (χ1n) is 15.2. The van der Waals surface area contributed by atoms with E-state index in [9.17, 15) is 27.9 Å². The number of pyridine rings is 1. The van der Waals surface area contributed by atoms with Crippen LogP contribution in [0.3, 0.4) is 0 Å². The average Bonchev–Trinajstić information content (AvgIpc) is 3.60. The molecule has 1 saturated heterocycles. The van der Waals surface area contributed by atoms with Crippen LogP contribution in [0.1, 0.15) is 41.5 Å². The highest BCUT2D eigenvalue weighted by Crippen LogP contribution is 2.40. The molecule has 2 unspecified atom stereocenters. The van der Waals surface area contributed by atoms with Gasteiger partial charge in [-0.2, -0.15) is 9.71 Å². The molecule has 15 heteroatoms. The van der Waals surface area contributed by atoms with Crippen molar-refractivity contribution in [2.24, 2.45) is 10.1 Å². The SMILES string of the molecule is Cc1cc(C)c(S(=O)(=O)N[C@](CC2=NOC3(C2)CC(CNc2ccccn2)N(C(=O)OCc2ccccc2)C3)(N=C=O)C(=O)O)c(C)c1. The fourth-order valence-electron chi connectivity index (χ4n) is 6.32. The molecular weight excluding hydrogens is 640 g/mol. The Morgan fingerprint density at radius 3 is 2.50 bits per heavy atom. The van der Waals surface area contributed by atoms with Gasteiger partial charge < -0.3 is 20.0 Å². The quantitative estimate of drug-likeness (QED) is 0.188. The molecule has 14 nitrogen and oxygen atoms in total. The first kappa shape index (κ1) is 34.2. The number of isocyanates is 1. The van der Waals surface area contributed by atoms with E-state index in [0.717, 1.165) is 11.1 Å². The molecule has 3 N–H and O–H groups in total. The lowest BCUT2D eigenvalue weighted by Gasteiger charge is -2.26. The number of rotatable bonds is 12. The van der Waals surface area contributed by atoms with Gasteiger partial charge in [0, 0.05) is 32.0 Å². The second-order valence-electron chi connectivity index (χ2n) is 12.1. The third-order valence-corrected chi connectivity index (χ3v) is 10.0. The van der Waals surface area contributed by atoms with Crippen molar-refractivity contribution >= 4 is 39.7 Å². The third-order valence-electron chi connectivity index (χ3n) is 8.25. The number of benzene rings is 2. The van der Waals surface area contributed by atoms with Crippen LogP contribution in [0.15, 0.2) is 81.9 Å². The number of aryl methyl sites for hydroxylation is 3. The minimum Gasteiger partial charge on any atom is -0.478 e. The van der Waals surface area contributed by atoms with Gasteiger partial charge in [0.2, 0.25) is 21.8 Å². The van der Waals surface area contributed by atoms with E-state index in [2.05, 4.69) is 25.2 Å². The van der Waals surface area contributed by atoms with Gasteiger partial charge in [-0.3, -0.25) is 4.90 Å². The van der Waals surface area contributed by atoms with Crippen LogP contribution in [0.4, 0.5) is 10.6 Å². The monoisotopic (exact) mass is 676 g/mol. The molecule has 0 radical (unpaired) electrons. The van der Waals surface area contributed by atoms with Crippen LogP contribution >= 0.6 is 0 Å². The number of aliphatic imine (C=N–C) groups is 1. The largest absolute Gasteiger partial charge is 0.478 e. The fourth-order valence-corrected chi connectivity index (χ4v) is 8.04. The second kappa shape index (κ2) is 13.9. The molecule has 2 aliphatic rings. The lowest BCUT2D eigenvalue weighted by atomic mass is 9.90. The standard InChI is InChI=1S/C33H36N6O8S/c1-22-13-23(2)29(24(3)14-22)48(44,45)38-33(30(41)42,36-21-40)16-26-15-32(47-37-26)17-27(18-35-28-11-7-8-12-34-28)39(20-32)31(43)46-19-25-9-5-4-6-10-25/h4-14,27,38H,15-20H2,1-3H3,(H,34,35)(H,41,42)/t27?,32?,33-/m0/s1. The molecule has 2 aliphatic heterocycles. The zero-order chi connectivity index (χ0) is 34.5. The Labute approximate surface area is 277 Å². The summed E-state index contributed by atoms with van der Waals surface area (Å²) in [5.74, 6) is -1.12. The fraction of sp³-hybridized carbons (Fsp3) is 0.364. The van der Waals surface area contributed by atoms with Gasteiger partial charge in [0.05, 0.1) is 23.2 Å². The molecule has 0 bridgehead atoms. The number of ether oxygens (including phenoxy) is 1.